The maximum absolute atomic E-state index is 13.6. The molecule has 27 heavy (non-hydrogen) atoms. The number of anilines is 1. The summed E-state index contributed by atoms with van der Waals surface area (Å²) in [6.45, 7) is 4.62. The van der Waals surface area contributed by atoms with E-state index in [0.717, 1.165) is 5.56 Å². The number of guanidine groups is 1. The second-order valence-corrected chi connectivity index (χ2v) is 5.91. The summed E-state index contributed by atoms with van der Waals surface area (Å²) in [5.41, 5.74) is 2.68. The molecule has 0 heterocycles. The Labute approximate surface area is 159 Å². The Morgan fingerprint density at radius 2 is 2.04 bits per heavy atom. The number of hydrogen-bond acceptors (Lipinski definition) is 2. The Balaban J connectivity index is 1.93. The highest BCUT2D eigenvalue weighted by Gasteiger charge is 2.05. The molecule has 140 valence electrons. The zero-order chi connectivity index (χ0) is 19.6. The van der Waals surface area contributed by atoms with Crippen molar-refractivity contribution in [2.75, 3.05) is 18.4 Å². The Hall–Kier alpha value is -3.33. The van der Waals surface area contributed by atoms with Gasteiger partial charge >= 0.3 is 0 Å². The number of nitrogens with zero attached hydrogens (tertiary/aromatic N) is 1. The van der Waals surface area contributed by atoms with Crippen LogP contribution in [0.25, 0.3) is 0 Å². The molecule has 6 heteroatoms. The van der Waals surface area contributed by atoms with Crippen molar-refractivity contribution in [2.24, 2.45) is 4.99 Å². The standard InChI is InChI=1S/C21H23FN4O/c1-4-16-7-6-8-18(11-16)26-20(27)14-25-21(23-5-2)24-13-17-10-9-15(3)19(22)12-17/h1,6-12H,5,13-14H2,2-3H3,(H,26,27)(H2,23,24,25). The van der Waals surface area contributed by atoms with E-state index in [-0.39, 0.29) is 18.3 Å². The molecule has 0 fully saturated rings. The predicted molar refractivity (Wildman–Crippen MR) is 107 cm³/mol. The topological polar surface area (TPSA) is 65.5 Å². The number of rotatable bonds is 6. The summed E-state index contributed by atoms with van der Waals surface area (Å²) in [7, 11) is 0. The molecule has 2 aromatic rings. The number of benzene rings is 2. The lowest BCUT2D eigenvalue weighted by molar-refractivity contribution is -0.115. The van der Waals surface area contributed by atoms with Gasteiger partial charge < -0.3 is 16.0 Å². The van der Waals surface area contributed by atoms with Gasteiger partial charge in [-0.05, 0) is 49.2 Å². The Morgan fingerprint density at radius 3 is 2.74 bits per heavy atom. The van der Waals surface area contributed by atoms with E-state index < -0.39 is 0 Å². The zero-order valence-corrected chi connectivity index (χ0v) is 15.5. The van der Waals surface area contributed by atoms with E-state index >= 15 is 0 Å². The summed E-state index contributed by atoms with van der Waals surface area (Å²) >= 11 is 0. The van der Waals surface area contributed by atoms with Crippen LogP contribution < -0.4 is 16.0 Å². The van der Waals surface area contributed by atoms with Crippen molar-refractivity contribution in [3.63, 3.8) is 0 Å². The molecule has 0 unspecified atom stereocenters. The average molecular weight is 366 g/mol. The molecule has 0 spiro atoms. The number of aliphatic imine (C=N–C) groups is 1. The number of amides is 1. The highest BCUT2D eigenvalue weighted by molar-refractivity contribution is 5.95. The van der Waals surface area contributed by atoms with Crippen molar-refractivity contribution in [2.45, 2.75) is 20.4 Å². The number of aryl methyl sites for hydroxylation is 1. The average Bonchev–Trinajstić information content (AvgIpc) is 2.66. The van der Waals surface area contributed by atoms with Crippen molar-refractivity contribution < 1.29 is 9.18 Å². The summed E-state index contributed by atoms with van der Waals surface area (Å²) in [6.07, 6.45) is 5.36. The molecule has 3 N–H and O–H groups in total. The molecular formula is C21H23FN4O. The lowest BCUT2D eigenvalue weighted by Gasteiger charge is -2.12. The van der Waals surface area contributed by atoms with Crippen LogP contribution in [-0.2, 0) is 11.3 Å². The van der Waals surface area contributed by atoms with Gasteiger partial charge in [-0.15, -0.1) is 6.42 Å². The largest absolute Gasteiger partial charge is 0.357 e. The fraction of sp³-hybridized carbons (Fsp3) is 0.238. The van der Waals surface area contributed by atoms with Gasteiger partial charge in [-0.2, -0.15) is 0 Å². The molecule has 2 rings (SSSR count). The number of nitrogens with one attached hydrogen (secondary N) is 3. The highest BCUT2D eigenvalue weighted by Crippen LogP contribution is 2.10. The molecule has 0 atom stereocenters. The summed E-state index contributed by atoms with van der Waals surface area (Å²) in [5, 5.41) is 8.79. The molecule has 0 radical (unpaired) electrons. The van der Waals surface area contributed by atoms with Crippen LogP contribution >= 0.6 is 0 Å². The van der Waals surface area contributed by atoms with Crippen LogP contribution in [0.15, 0.2) is 47.5 Å². The van der Waals surface area contributed by atoms with Gasteiger partial charge in [-0.3, -0.25) is 4.79 Å². The predicted octanol–water partition coefficient (Wildman–Crippen LogP) is 2.81. The minimum Gasteiger partial charge on any atom is -0.357 e. The normalized spacial score (nSPS) is 10.8. The van der Waals surface area contributed by atoms with Gasteiger partial charge in [0.15, 0.2) is 5.96 Å². The first-order valence-corrected chi connectivity index (χ1v) is 8.65. The van der Waals surface area contributed by atoms with Crippen molar-refractivity contribution in [1.29, 1.82) is 0 Å². The molecule has 0 aromatic heterocycles. The third kappa shape index (κ3) is 6.48. The molecular weight excluding hydrogens is 343 g/mol. The first-order valence-electron chi connectivity index (χ1n) is 8.65. The number of carbonyl (C=O) groups is 1. The second kappa shape index (κ2) is 9.97. The maximum atomic E-state index is 13.6. The summed E-state index contributed by atoms with van der Waals surface area (Å²) < 4.78 is 13.6. The van der Waals surface area contributed by atoms with E-state index in [4.69, 9.17) is 6.42 Å². The van der Waals surface area contributed by atoms with Crippen LogP contribution in [0.4, 0.5) is 10.1 Å². The van der Waals surface area contributed by atoms with Gasteiger partial charge in [0.2, 0.25) is 5.91 Å². The Bertz CT molecular complexity index is 871. The first kappa shape index (κ1) is 20.0. The minimum absolute atomic E-state index is 0.0361. The smallest absolute Gasteiger partial charge is 0.243 e. The molecule has 1 amide bonds. The number of hydrogen-bond donors (Lipinski definition) is 3. The SMILES string of the molecule is C#Cc1cccc(NC(=O)CNC(=NCc2ccc(C)c(F)c2)NCC)c1. The molecule has 5 nitrogen and oxygen atoms in total. The van der Waals surface area contributed by atoms with Gasteiger partial charge in [0.25, 0.3) is 0 Å². The lowest BCUT2D eigenvalue weighted by Crippen LogP contribution is -2.41. The van der Waals surface area contributed by atoms with E-state index in [1.54, 1.807) is 37.3 Å². The van der Waals surface area contributed by atoms with Crippen molar-refractivity contribution in [1.82, 2.24) is 10.6 Å². The van der Waals surface area contributed by atoms with E-state index in [9.17, 15) is 9.18 Å². The molecule has 0 bridgehead atoms. The van der Waals surface area contributed by atoms with Crippen molar-refractivity contribution >= 4 is 17.6 Å². The Morgan fingerprint density at radius 1 is 1.22 bits per heavy atom. The fourth-order valence-corrected chi connectivity index (χ4v) is 2.30. The van der Waals surface area contributed by atoms with Crippen LogP contribution in [0, 0.1) is 25.1 Å². The number of halogens is 1. The maximum Gasteiger partial charge on any atom is 0.243 e. The second-order valence-electron chi connectivity index (χ2n) is 5.91. The fourth-order valence-electron chi connectivity index (χ4n) is 2.30. The van der Waals surface area contributed by atoms with E-state index in [0.29, 0.717) is 35.9 Å². The third-order valence-electron chi connectivity index (χ3n) is 3.73. The van der Waals surface area contributed by atoms with E-state index in [2.05, 4.69) is 26.9 Å². The number of terminal acetylenes is 1. The monoisotopic (exact) mass is 366 g/mol. The molecule has 0 saturated carbocycles. The quantitative estimate of drug-likeness (QED) is 0.418. The van der Waals surface area contributed by atoms with Crippen molar-refractivity contribution in [3.8, 4) is 12.3 Å². The van der Waals surface area contributed by atoms with Crippen LogP contribution in [0.2, 0.25) is 0 Å². The van der Waals surface area contributed by atoms with Gasteiger partial charge in [0.1, 0.15) is 5.82 Å². The molecule has 2 aromatic carbocycles. The zero-order valence-electron chi connectivity index (χ0n) is 15.5. The Kier molecular flexibility index (Phi) is 7.38. The van der Waals surface area contributed by atoms with Crippen LogP contribution in [-0.4, -0.2) is 25.0 Å². The van der Waals surface area contributed by atoms with Crippen molar-refractivity contribution in [3.05, 3.63) is 65.0 Å². The lowest BCUT2D eigenvalue weighted by atomic mass is 10.1. The molecule has 0 aliphatic heterocycles. The molecule has 0 saturated heterocycles. The number of carbonyl (C=O) groups excluding carboxylic acids is 1. The minimum atomic E-state index is -0.255. The molecule has 0 aliphatic rings. The van der Waals surface area contributed by atoms with Gasteiger partial charge in [0.05, 0.1) is 13.1 Å². The van der Waals surface area contributed by atoms with Crippen LogP contribution in [0.1, 0.15) is 23.6 Å². The van der Waals surface area contributed by atoms with E-state index in [1.807, 2.05) is 13.0 Å². The van der Waals surface area contributed by atoms with Gasteiger partial charge in [-0.25, -0.2) is 9.38 Å². The first-order chi connectivity index (χ1) is 13.0. The van der Waals surface area contributed by atoms with Gasteiger partial charge in [0, 0.05) is 17.8 Å². The summed E-state index contributed by atoms with van der Waals surface area (Å²) in [4.78, 5) is 16.5. The van der Waals surface area contributed by atoms with Crippen LogP contribution in [0.5, 0.6) is 0 Å². The van der Waals surface area contributed by atoms with E-state index in [1.165, 1.54) is 6.07 Å². The third-order valence-corrected chi connectivity index (χ3v) is 3.73. The van der Waals surface area contributed by atoms with Gasteiger partial charge in [-0.1, -0.05) is 24.1 Å². The summed E-state index contributed by atoms with van der Waals surface area (Å²) in [6, 6.07) is 12.1. The highest BCUT2D eigenvalue weighted by atomic mass is 19.1. The summed E-state index contributed by atoms with van der Waals surface area (Å²) in [5.74, 6) is 2.52. The molecule has 0 aliphatic carbocycles. The van der Waals surface area contributed by atoms with Crippen LogP contribution in [0.3, 0.4) is 0 Å².